The number of hydrogen-bond acceptors (Lipinski definition) is 2. The first-order valence-electron chi connectivity index (χ1n) is 8.02. The number of carbonyl (C=O) groups is 1. The highest BCUT2D eigenvalue weighted by molar-refractivity contribution is 5.84. The van der Waals surface area contributed by atoms with Crippen molar-refractivity contribution in [1.29, 1.82) is 0 Å². The van der Waals surface area contributed by atoms with Crippen LogP contribution in [0.5, 0.6) is 0 Å². The lowest BCUT2D eigenvalue weighted by molar-refractivity contribution is -0.155. The Hall–Kier alpha value is -1.75. The first-order valence-corrected chi connectivity index (χ1v) is 8.02. The Morgan fingerprint density at radius 3 is 2.78 bits per heavy atom. The van der Waals surface area contributed by atoms with Gasteiger partial charge in [0.25, 0.3) is 0 Å². The van der Waals surface area contributed by atoms with Gasteiger partial charge >= 0.3 is 0 Å². The lowest BCUT2D eigenvalue weighted by Crippen LogP contribution is -2.51. The molecule has 5 heteroatoms. The van der Waals surface area contributed by atoms with E-state index in [9.17, 15) is 13.6 Å². The third-order valence-electron chi connectivity index (χ3n) is 4.97. The highest BCUT2D eigenvalue weighted by Gasteiger charge is 2.46. The summed E-state index contributed by atoms with van der Waals surface area (Å²) in [6.07, 6.45) is 4.94. The van der Waals surface area contributed by atoms with Crippen LogP contribution < -0.4 is 0 Å². The van der Waals surface area contributed by atoms with Crippen LogP contribution in [-0.2, 0) is 9.53 Å². The normalized spacial score (nSPS) is 23.2. The van der Waals surface area contributed by atoms with Gasteiger partial charge < -0.3 is 9.64 Å². The lowest BCUT2D eigenvalue weighted by Gasteiger charge is -2.45. The SMILES string of the molecule is C=CCC1(C(=O)N2CCO[C@H](c3ccc(F)c(F)c3)C2)CCC1. The van der Waals surface area contributed by atoms with Crippen LogP contribution in [-0.4, -0.2) is 30.5 Å². The molecule has 23 heavy (non-hydrogen) atoms. The van der Waals surface area contributed by atoms with E-state index in [1.165, 1.54) is 6.07 Å². The van der Waals surface area contributed by atoms with Gasteiger partial charge in [0.15, 0.2) is 11.6 Å². The van der Waals surface area contributed by atoms with E-state index in [2.05, 4.69) is 6.58 Å². The second-order valence-corrected chi connectivity index (χ2v) is 6.41. The standard InChI is InChI=1S/C18H21F2NO2/c1-2-6-18(7-3-8-18)17(22)21-9-10-23-16(12-21)13-4-5-14(19)15(20)11-13/h2,4-5,11,16H,1,3,6-10,12H2/t16-/m0/s1. The van der Waals surface area contributed by atoms with Crippen LogP contribution in [0.4, 0.5) is 8.78 Å². The van der Waals surface area contributed by atoms with Crippen LogP contribution in [0.25, 0.3) is 0 Å². The summed E-state index contributed by atoms with van der Waals surface area (Å²) < 4.78 is 32.2. The fourth-order valence-electron chi connectivity index (χ4n) is 3.47. The number of rotatable bonds is 4. The highest BCUT2D eigenvalue weighted by Crippen LogP contribution is 2.46. The molecule has 3 nitrogen and oxygen atoms in total. The Kier molecular flexibility index (Phi) is 4.48. The van der Waals surface area contributed by atoms with Crippen molar-refractivity contribution in [2.75, 3.05) is 19.7 Å². The molecule has 1 aromatic rings. The maximum absolute atomic E-state index is 13.4. The molecule has 0 bridgehead atoms. The third kappa shape index (κ3) is 3.02. The van der Waals surface area contributed by atoms with Crippen molar-refractivity contribution in [1.82, 2.24) is 4.90 Å². The van der Waals surface area contributed by atoms with Crippen molar-refractivity contribution in [3.05, 3.63) is 48.1 Å². The van der Waals surface area contributed by atoms with Gasteiger partial charge in [0, 0.05) is 6.54 Å². The predicted molar refractivity (Wildman–Crippen MR) is 82.7 cm³/mol. The van der Waals surface area contributed by atoms with E-state index in [1.54, 1.807) is 4.90 Å². The lowest BCUT2D eigenvalue weighted by atomic mass is 9.65. The van der Waals surface area contributed by atoms with E-state index in [0.717, 1.165) is 31.4 Å². The smallest absolute Gasteiger partial charge is 0.229 e. The molecule has 1 aromatic carbocycles. The zero-order chi connectivity index (χ0) is 16.4. The number of morpholine rings is 1. The van der Waals surface area contributed by atoms with Gasteiger partial charge in [-0.3, -0.25) is 4.79 Å². The van der Waals surface area contributed by atoms with Gasteiger partial charge in [-0.05, 0) is 37.0 Å². The summed E-state index contributed by atoms with van der Waals surface area (Å²) in [4.78, 5) is 14.7. The quantitative estimate of drug-likeness (QED) is 0.793. The zero-order valence-corrected chi connectivity index (χ0v) is 13.1. The number of hydrogen-bond donors (Lipinski definition) is 0. The molecule has 1 aliphatic heterocycles. The van der Waals surface area contributed by atoms with Crippen molar-refractivity contribution < 1.29 is 18.3 Å². The number of nitrogens with zero attached hydrogens (tertiary/aromatic N) is 1. The summed E-state index contributed by atoms with van der Waals surface area (Å²) in [5.41, 5.74) is 0.255. The molecule has 1 saturated heterocycles. The van der Waals surface area contributed by atoms with E-state index >= 15 is 0 Å². The third-order valence-corrected chi connectivity index (χ3v) is 4.97. The molecule has 0 aromatic heterocycles. The topological polar surface area (TPSA) is 29.5 Å². The second-order valence-electron chi connectivity index (χ2n) is 6.41. The molecule has 1 atom stereocenters. The summed E-state index contributed by atoms with van der Waals surface area (Å²) >= 11 is 0. The van der Waals surface area contributed by atoms with Crippen LogP contribution >= 0.6 is 0 Å². The molecule has 1 saturated carbocycles. The minimum Gasteiger partial charge on any atom is -0.370 e. The van der Waals surface area contributed by atoms with Crippen molar-refractivity contribution >= 4 is 5.91 Å². The number of benzene rings is 1. The highest BCUT2D eigenvalue weighted by atomic mass is 19.2. The molecular weight excluding hydrogens is 300 g/mol. The van der Waals surface area contributed by atoms with Gasteiger partial charge in [0.2, 0.25) is 5.91 Å². The monoisotopic (exact) mass is 321 g/mol. The molecule has 0 N–H and O–H groups in total. The van der Waals surface area contributed by atoms with Crippen molar-refractivity contribution in [3.63, 3.8) is 0 Å². The van der Waals surface area contributed by atoms with Crippen LogP contribution in [0.2, 0.25) is 0 Å². The predicted octanol–water partition coefficient (Wildman–Crippen LogP) is 3.61. The fourth-order valence-corrected chi connectivity index (χ4v) is 3.47. The van der Waals surface area contributed by atoms with Crippen LogP contribution in [0, 0.1) is 17.0 Å². The Labute approximate surface area is 134 Å². The van der Waals surface area contributed by atoms with E-state index < -0.39 is 17.7 Å². The van der Waals surface area contributed by atoms with E-state index in [0.29, 0.717) is 31.7 Å². The van der Waals surface area contributed by atoms with Gasteiger partial charge in [-0.15, -0.1) is 6.58 Å². The second kappa shape index (κ2) is 6.40. The van der Waals surface area contributed by atoms with E-state index in [4.69, 9.17) is 4.74 Å². The van der Waals surface area contributed by atoms with Crippen molar-refractivity contribution in [3.8, 4) is 0 Å². The largest absolute Gasteiger partial charge is 0.370 e. The summed E-state index contributed by atoms with van der Waals surface area (Å²) in [5, 5.41) is 0. The van der Waals surface area contributed by atoms with Crippen LogP contribution in [0.15, 0.2) is 30.9 Å². The van der Waals surface area contributed by atoms with Gasteiger partial charge in [0.1, 0.15) is 6.10 Å². The summed E-state index contributed by atoms with van der Waals surface area (Å²) in [5.74, 6) is -1.63. The Morgan fingerprint density at radius 1 is 1.39 bits per heavy atom. The minimum atomic E-state index is -0.892. The fraction of sp³-hybridized carbons (Fsp3) is 0.500. The van der Waals surface area contributed by atoms with Gasteiger partial charge in [0.05, 0.1) is 18.6 Å². The summed E-state index contributed by atoms with van der Waals surface area (Å²) in [7, 11) is 0. The molecule has 1 aliphatic carbocycles. The zero-order valence-electron chi connectivity index (χ0n) is 13.1. The van der Waals surface area contributed by atoms with E-state index in [1.807, 2.05) is 6.08 Å². The van der Waals surface area contributed by atoms with Gasteiger partial charge in [-0.2, -0.15) is 0 Å². The molecule has 0 spiro atoms. The summed E-state index contributed by atoms with van der Waals surface area (Å²) in [6, 6.07) is 3.76. The number of ether oxygens (including phenoxy) is 1. The maximum Gasteiger partial charge on any atom is 0.229 e. The molecule has 124 valence electrons. The van der Waals surface area contributed by atoms with Crippen molar-refractivity contribution in [2.24, 2.45) is 5.41 Å². The number of amides is 1. The number of carbonyl (C=O) groups excluding carboxylic acids is 1. The number of halogens is 2. The summed E-state index contributed by atoms with van der Waals surface area (Å²) in [6.45, 7) is 5.08. The van der Waals surface area contributed by atoms with Crippen molar-refractivity contribution in [2.45, 2.75) is 31.8 Å². The molecule has 1 heterocycles. The molecule has 1 amide bonds. The first kappa shape index (κ1) is 16.1. The maximum atomic E-state index is 13.4. The molecule has 3 rings (SSSR count). The van der Waals surface area contributed by atoms with Gasteiger partial charge in [-0.1, -0.05) is 18.6 Å². The Morgan fingerprint density at radius 2 is 2.17 bits per heavy atom. The average molecular weight is 321 g/mol. The van der Waals surface area contributed by atoms with E-state index in [-0.39, 0.29) is 11.3 Å². The minimum absolute atomic E-state index is 0.138. The van der Waals surface area contributed by atoms with Crippen LogP contribution in [0.1, 0.15) is 37.4 Å². The first-order chi connectivity index (χ1) is 11.1. The Balaban J connectivity index is 1.74. The molecular formula is C18H21F2NO2. The number of allylic oxidation sites excluding steroid dienone is 1. The van der Waals surface area contributed by atoms with Gasteiger partial charge in [-0.25, -0.2) is 8.78 Å². The molecule has 2 fully saturated rings. The Bertz CT molecular complexity index is 613. The van der Waals surface area contributed by atoms with Crippen LogP contribution in [0.3, 0.4) is 0 Å². The molecule has 0 unspecified atom stereocenters. The molecule has 0 radical (unpaired) electrons. The average Bonchev–Trinajstić information content (AvgIpc) is 2.53. The molecule has 2 aliphatic rings.